The number of likely N-dealkylation sites (N-methyl/N-ethyl adjacent to an activating group) is 1. The maximum absolute atomic E-state index is 4.45. The van der Waals surface area contributed by atoms with Gasteiger partial charge in [-0.3, -0.25) is 4.68 Å². The van der Waals surface area contributed by atoms with Crippen molar-refractivity contribution in [2.75, 3.05) is 7.05 Å². The Morgan fingerprint density at radius 3 is 2.37 bits per heavy atom. The Labute approximate surface area is 113 Å². The summed E-state index contributed by atoms with van der Waals surface area (Å²) in [5, 5.41) is 19.9. The summed E-state index contributed by atoms with van der Waals surface area (Å²) in [7, 11) is 5.72. The average molecular weight is 263 g/mol. The lowest BCUT2D eigenvalue weighted by atomic mass is 10.0. The minimum atomic E-state index is 0.283. The van der Waals surface area contributed by atoms with Crippen molar-refractivity contribution in [1.82, 2.24) is 35.3 Å². The van der Waals surface area contributed by atoms with Crippen molar-refractivity contribution in [3.8, 4) is 0 Å². The molecule has 1 N–H and O–H groups in total. The average Bonchev–Trinajstić information content (AvgIpc) is 2.87. The molecule has 104 valence electrons. The number of nitrogens with zero attached hydrogens (tertiary/aromatic N) is 6. The van der Waals surface area contributed by atoms with E-state index in [0.717, 1.165) is 24.4 Å². The number of rotatable bonds is 5. The highest BCUT2D eigenvalue weighted by molar-refractivity contribution is 5.25. The normalized spacial score (nSPS) is 12.9. The highest BCUT2D eigenvalue weighted by Gasteiger charge is 2.17. The molecule has 2 aromatic rings. The Kier molecular flexibility index (Phi) is 3.94. The summed E-state index contributed by atoms with van der Waals surface area (Å²) in [6.07, 6.45) is 1.68. The van der Waals surface area contributed by atoms with Gasteiger partial charge in [-0.05, 0) is 38.1 Å². The standard InChI is InChI=1S/C12H21N7/c1-8-11(9(2)18(4)15-8)6-10(13-3)7-12-14-17-19(5)16-12/h10,13H,6-7H2,1-5H3. The van der Waals surface area contributed by atoms with Gasteiger partial charge >= 0.3 is 0 Å². The first-order chi connectivity index (χ1) is 9.01. The van der Waals surface area contributed by atoms with Crippen LogP contribution in [0.2, 0.25) is 0 Å². The van der Waals surface area contributed by atoms with E-state index < -0.39 is 0 Å². The summed E-state index contributed by atoms with van der Waals surface area (Å²) in [6.45, 7) is 4.15. The molecule has 0 aliphatic rings. The number of aromatic nitrogens is 6. The number of nitrogens with one attached hydrogen (secondary N) is 1. The molecule has 19 heavy (non-hydrogen) atoms. The maximum atomic E-state index is 4.45. The first kappa shape index (κ1) is 13.7. The van der Waals surface area contributed by atoms with Crippen LogP contribution >= 0.6 is 0 Å². The van der Waals surface area contributed by atoms with E-state index in [0.29, 0.717) is 0 Å². The zero-order valence-corrected chi connectivity index (χ0v) is 12.2. The molecule has 0 aliphatic heterocycles. The van der Waals surface area contributed by atoms with Crippen LogP contribution in [-0.2, 0) is 26.9 Å². The summed E-state index contributed by atoms with van der Waals surface area (Å²) in [6, 6.07) is 0.283. The van der Waals surface area contributed by atoms with E-state index in [9.17, 15) is 0 Å². The molecule has 7 heteroatoms. The third-order valence-electron chi connectivity index (χ3n) is 3.50. The topological polar surface area (TPSA) is 73.5 Å². The van der Waals surface area contributed by atoms with Gasteiger partial charge in [-0.2, -0.15) is 9.90 Å². The monoisotopic (exact) mass is 263 g/mol. The van der Waals surface area contributed by atoms with E-state index in [-0.39, 0.29) is 6.04 Å². The van der Waals surface area contributed by atoms with Gasteiger partial charge in [-0.1, -0.05) is 0 Å². The van der Waals surface area contributed by atoms with Crippen LogP contribution in [0.15, 0.2) is 0 Å². The number of aryl methyl sites for hydroxylation is 3. The highest BCUT2D eigenvalue weighted by Crippen LogP contribution is 2.15. The Morgan fingerprint density at radius 2 is 1.89 bits per heavy atom. The highest BCUT2D eigenvalue weighted by atomic mass is 15.6. The largest absolute Gasteiger partial charge is 0.316 e. The lowest BCUT2D eigenvalue weighted by molar-refractivity contribution is 0.538. The zero-order valence-electron chi connectivity index (χ0n) is 12.2. The van der Waals surface area contributed by atoms with Gasteiger partial charge in [-0.25, -0.2) is 0 Å². The third-order valence-corrected chi connectivity index (χ3v) is 3.50. The zero-order chi connectivity index (χ0) is 14.0. The molecular weight excluding hydrogens is 242 g/mol. The molecule has 7 nitrogen and oxygen atoms in total. The van der Waals surface area contributed by atoms with Gasteiger partial charge in [0.1, 0.15) is 0 Å². The fourth-order valence-electron chi connectivity index (χ4n) is 2.26. The molecule has 2 heterocycles. The first-order valence-electron chi connectivity index (χ1n) is 6.40. The van der Waals surface area contributed by atoms with Crippen molar-refractivity contribution >= 4 is 0 Å². The van der Waals surface area contributed by atoms with E-state index in [1.165, 1.54) is 16.1 Å². The van der Waals surface area contributed by atoms with Gasteiger partial charge in [0, 0.05) is 25.2 Å². The summed E-state index contributed by atoms with van der Waals surface area (Å²) >= 11 is 0. The van der Waals surface area contributed by atoms with E-state index >= 15 is 0 Å². The van der Waals surface area contributed by atoms with E-state index in [1.807, 2.05) is 18.8 Å². The molecule has 0 spiro atoms. The smallest absolute Gasteiger partial charge is 0.176 e. The molecule has 2 rings (SSSR count). The van der Waals surface area contributed by atoms with E-state index in [2.05, 4.69) is 39.7 Å². The Bertz CT molecular complexity index is 554. The van der Waals surface area contributed by atoms with Crippen molar-refractivity contribution in [1.29, 1.82) is 0 Å². The van der Waals surface area contributed by atoms with Crippen molar-refractivity contribution < 1.29 is 0 Å². The van der Waals surface area contributed by atoms with Crippen LogP contribution in [0, 0.1) is 13.8 Å². The van der Waals surface area contributed by atoms with Crippen LogP contribution in [0.4, 0.5) is 0 Å². The maximum Gasteiger partial charge on any atom is 0.176 e. The number of hydrogen-bond acceptors (Lipinski definition) is 5. The second kappa shape index (κ2) is 5.48. The molecule has 0 saturated carbocycles. The van der Waals surface area contributed by atoms with Crippen molar-refractivity contribution in [2.24, 2.45) is 14.1 Å². The van der Waals surface area contributed by atoms with Crippen LogP contribution in [-0.4, -0.2) is 43.1 Å². The van der Waals surface area contributed by atoms with E-state index in [1.54, 1.807) is 7.05 Å². The second-order valence-corrected chi connectivity index (χ2v) is 4.86. The summed E-state index contributed by atoms with van der Waals surface area (Å²) < 4.78 is 1.93. The fraction of sp³-hybridized carbons (Fsp3) is 0.667. The van der Waals surface area contributed by atoms with Crippen LogP contribution in [0.3, 0.4) is 0 Å². The molecule has 0 aliphatic carbocycles. The first-order valence-corrected chi connectivity index (χ1v) is 6.40. The van der Waals surface area contributed by atoms with Gasteiger partial charge < -0.3 is 5.32 Å². The lowest BCUT2D eigenvalue weighted by Crippen LogP contribution is -2.30. The molecule has 0 bridgehead atoms. The predicted molar refractivity (Wildman–Crippen MR) is 71.7 cm³/mol. The molecule has 0 amide bonds. The summed E-state index contributed by atoms with van der Waals surface area (Å²) in [5.74, 6) is 0.765. The number of tetrazole rings is 1. The van der Waals surface area contributed by atoms with Crippen LogP contribution in [0.25, 0.3) is 0 Å². The molecule has 2 aromatic heterocycles. The van der Waals surface area contributed by atoms with Crippen LogP contribution < -0.4 is 5.32 Å². The van der Waals surface area contributed by atoms with Crippen molar-refractivity contribution in [2.45, 2.75) is 32.7 Å². The molecule has 0 fully saturated rings. The van der Waals surface area contributed by atoms with E-state index in [4.69, 9.17) is 0 Å². The Hall–Kier alpha value is -1.76. The fourth-order valence-corrected chi connectivity index (χ4v) is 2.26. The van der Waals surface area contributed by atoms with Gasteiger partial charge in [0.25, 0.3) is 0 Å². The summed E-state index contributed by atoms with van der Waals surface area (Å²) in [4.78, 5) is 1.49. The molecule has 0 aromatic carbocycles. The van der Waals surface area contributed by atoms with Crippen LogP contribution in [0.5, 0.6) is 0 Å². The predicted octanol–water partition coefficient (Wildman–Crippen LogP) is -0.0664. The lowest BCUT2D eigenvalue weighted by Gasteiger charge is -2.14. The number of hydrogen-bond donors (Lipinski definition) is 1. The van der Waals surface area contributed by atoms with Gasteiger partial charge in [0.15, 0.2) is 5.82 Å². The van der Waals surface area contributed by atoms with Gasteiger partial charge in [0.05, 0.1) is 12.7 Å². The van der Waals surface area contributed by atoms with Crippen molar-refractivity contribution in [3.05, 3.63) is 22.8 Å². The molecule has 0 saturated heterocycles. The van der Waals surface area contributed by atoms with Crippen LogP contribution in [0.1, 0.15) is 22.8 Å². The van der Waals surface area contributed by atoms with Gasteiger partial charge in [-0.15, -0.1) is 10.2 Å². The molecule has 1 unspecified atom stereocenters. The minimum absolute atomic E-state index is 0.283. The summed E-state index contributed by atoms with van der Waals surface area (Å²) in [5.41, 5.74) is 3.60. The van der Waals surface area contributed by atoms with Crippen molar-refractivity contribution in [3.63, 3.8) is 0 Å². The second-order valence-electron chi connectivity index (χ2n) is 4.86. The molecule has 1 atom stereocenters. The quantitative estimate of drug-likeness (QED) is 0.817. The minimum Gasteiger partial charge on any atom is -0.316 e. The van der Waals surface area contributed by atoms with Gasteiger partial charge in [0.2, 0.25) is 0 Å². The molecular formula is C12H21N7. The molecule has 0 radical (unpaired) electrons. The Morgan fingerprint density at radius 1 is 1.16 bits per heavy atom. The third kappa shape index (κ3) is 2.98. The SMILES string of the molecule is CNC(Cc1nnn(C)n1)Cc1c(C)nn(C)c1C. The Balaban J connectivity index is 2.10.